The Labute approximate surface area is 185 Å². The molecule has 0 spiro atoms. The monoisotopic (exact) mass is 499 g/mol. The SMILES string of the molecule is O=C(c1ccc(Br)s1)N(CCCN1CCOCC1)c1nc2ccc(Cl)cc2s1. The van der Waals surface area contributed by atoms with Crippen LogP contribution >= 0.6 is 50.2 Å². The maximum absolute atomic E-state index is 13.2. The van der Waals surface area contributed by atoms with Crippen molar-refractivity contribution in [3.63, 3.8) is 0 Å². The van der Waals surface area contributed by atoms with Gasteiger partial charge in [-0.15, -0.1) is 11.3 Å². The minimum absolute atomic E-state index is 0.0113. The summed E-state index contributed by atoms with van der Waals surface area (Å²) < 4.78 is 7.34. The maximum atomic E-state index is 13.2. The lowest BCUT2D eigenvalue weighted by Gasteiger charge is -2.27. The normalized spacial score (nSPS) is 15.2. The number of carbonyl (C=O) groups excluding carboxylic acids is 1. The van der Waals surface area contributed by atoms with Gasteiger partial charge in [-0.1, -0.05) is 22.9 Å². The van der Waals surface area contributed by atoms with E-state index in [-0.39, 0.29) is 5.91 Å². The zero-order valence-corrected chi connectivity index (χ0v) is 19.0. The van der Waals surface area contributed by atoms with Gasteiger partial charge in [-0.25, -0.2) is 4.98 Å². The van der Waals surface area contributed by atoms with E-state index in [0.717, 1.165) is 53.3 Å². The van der Waals surface area contributed by atoms with Gasteiger partial charge >= 0.3 is 0 Å². The molecular weight excluding hydrogens is 482 g/mol. The third-order valence-corrected chi connectivity index (χ3v) is 7.45. The van der Waals surface area contributed by atoms with E-state index in [4.69, 9.17) is 21.3 Å². The molecule has 1 aromatic carbocycles. The van der Waals surface area contributed by atoms with Crippen LogP contribution in [0.3, 0.4) is 0 Å². The molecular formula is C19H19BrClN3O2S2. The van der Waals surface area contributed by atoms with Crippen LogP contribution in [0.25, 0.3) is 10.2 Å². The quantitative estimate of drug-likeness (QED) is 0.470. The van der Waals surface area contributed by atoms with Crippen molar-refractivity contribution in [3.05, 3.63) is 44.0 Å². The average molecular weight is 501 g/mol. The molecule has 1 aliphatic rings. The Kier molecular flexibility index (Phi) is 6.65. The van der Waals surface area contributed by atoms with Crippen LogP contribution in [0.2, 0.25) is 5.02 Å². The number of morpholine rings is 1. The summed E-state index contributed by atoms with van der Waals surface area (Å²) in [5, 5.41) is 1.39. The van der Waals surface area contributed by atoms with Gasteiger partial charge in [-0.3, -0.25) is 14.6 Å². The predicted octanol–water partition coefficient (Wildman–Crippen LogP) is 5.14. The van der Waals surface area contributed by atoms with Crippen molar-refractivity contribution in [2.75, 3.05) is 44.3 Å². The Morgan fingerprint density at radius 1 is 1.25 bits per heavy atom. The Balaban J connectivity index is 1.55. The fraction of sp³-hybridized carbons (Fsp3) is 0.368. The first-order valence-corrected chi connectivity index (χ1v) is 11.8. The molecule has 1 saturated heterocycles. The molecule has 0 atom stereocenters. The molecule has 148 valence electrons. The van der Waals surface area contributed by atoms with E-state index in [2.05, 4.69) is 20.8 Å². The third kappa shape index (κ3) is 4.75. The summed E-state index contributed by atoms with van der Waals surface area (Å²) in [6.45, 7) is 5.03. The molecule has 28 heavy (non-hydrogen) atoms. The number of fused-ring (bicyclic) bond motifs is 1. The first kappa shape index (κ1) is 20.3. The number of nitrogens with zero attached hydrogens (tertiary/aromatic N) is 3. The summed E-state index contributed by atoms with van der Waals surface area (Å²) >= 11 is 12.5. The lowest BCUT2D eigenvalue weighted by molar-refractivity contribution is 0.0376. The fourth-order valence-electron chi connectivity index (χ4n) is 3.13. The molecule has 5 nitrogen and oxygen atoms in total. The van der Waals surface area contributed by atoms with Gasteiger partial charge < -0.3 is 4.74 Å². The number of thiazole rings is 1. The molecule has 0 saturated carbocycles. The van der Waals surface area contributed by atoms with Crippen LogP contribution in [-0.2, 0) is 4.74 Å². The van der Waals surface area contributed by atoms with Gasteiger partial charge in [0.15, 0.2) is 5.13 Å². The van der Waals surface area contributed by atoms with E-state index in [1.807, 2.05) is 30.3 Å². The Bertz CT molecular complexity index is 971. The molecule has 0 unspecified atom stereocenters. The van der Waals surface area contributed by atoms with Crippen LogP contribution in [0.5, 0.6) is 0 Å². The zero-order chi connectivity index (χ0) is 19.5. The topological polar surface area (TPSA) is 45.7 Å². The number of halogens is 2. The Morgan fingerprint density at radius 3 is 2.82 bits per heavy atom. The van der Waals surface area contributed by atoms with E-state index in [1.54, 1.807) is 4.90 Å². The average Bonchev–Trinajstić information content (AvgIpc) is 3.31. The largest absolute Gasteiger partial charge is 0.379 e. The molecule has 3 aromatic rings. The van der Waals surface area contributed by atoms with Crippen molar-refractivity contribution in [3.8, 4) is 0 Å². The van der Waals surface area contributed by atoms with Crippen LogP contribution in [0.1, 0.15) is 16.1 Å². The van der Waals surface area contributed by atoms with Gasteiger partial charge in [-0.05, 0) is 52.7 Å². The molecule has 9 heteroatoms. The first-order chi connectivity index (χ1) is 13.6. The summed E-state index contributed by atoms with van der Waals surface area (Å²) in [6, 6.07) is 9.39. The molecule has 4 rings (SSSR count). The molecule has 3 heterocycles. The van der Waals surface area contributed by atoms with E-state index >= 15 is 0 Å². The maximum Gasteiger partial charge on any atom is 0.270 e. The Hall–Kier alpha value is -1.03. The number of aromatic nitrogens is 1. The van der Waals surface area contributed by atoms with Gasteiger partial charge in [0, 0.05) is 31.2 Å². The minimum atomic E-state index is -0.0113. The third-order valence-electron chi connectivity index (χ3n) is 4.56. The number of hydrogen-bond donors (Lipinski definition) is 0. The van der Waals surface area contributed by atoms with Crippen molar-refractivity contribution >= 4 is 71.5 Å². The van der Waals surface area contributed by atoms with Crippen LogP contribution < -0.4 is 4.90 Å². The lowest BCUT2D eigenvalue weighted by Crippen LogP contribution is -2.39. The summed E-state index contributed by atoms with van der Waals surface area (Å²) in [5.41, 5.74) is 0.864. The van der Waals surface area contributed by atoms with Crippen LogP contribution in [0, 0.1) is 0 Å². The van der Waals surface area contributed by atoms with E-state index in [9.17, 15) is 4.79 Å². The lowest BCUT2D eigenvalue weighted by atomic mass is 10.3. The second-order valence-electron chi connectivity index (χ2n) is 6.48. The van der Waals surface area contributed by atoms with Gasteiger partial charge in [0.1, 0.15) is 0 Å². The van der Waals surface area contributed by atoms with E-state index in [1.165, 1.54) is 22.7 Å². The highest BCUT2D eigenvalue weighted by molar-refractivity contribution is 9.11. The van der Waals surface area contributed by atoms with E-state index in [0.29, 0.717) is 21.6 Å². The van der Waals surface area contributed by atoms with Crippen LogP contribution in [-0.4, -0.2) is 55.2 Å². The number of benzene rings is 1. The van der Waals surface area contributed by atoms with Crippen molar-refractivity contribution in [1.82, 2.24) is 9.88 Å². The van der Waals surface area contributed by atoms with Gasteiger partial charge in [0.2, 0.25) is 0 Å². The van der Waals surface area contributed by atoms with E-state index < -0.39 is 0 Å². The molecule has 0 bridgehead atoms. The van der Waals surface area contributed by atoms with Gasteiger partial charge in [-0.2, -0.15) is 0 Å². The molecule has 1 amide bonds. The minimum Gasteiger partial charge on any atom is -0.379 e. The highest BCUT2D eigenvalue weighted by Gasteiger charge is 2.23. The first-order valence-electron chi connectivity index (χ1n) is 9.03. The fourth-order valence-corrected chi connectivity index (χ4v) is 5.73. The Morgan fingerprint density at radius 2 is 2.07 bits per heavy atom. The summed E-state index contributed by atoms with van der Waals surface area (Å²) in [5.74, 6) is -0.0113. The van der Waals surface area contributed by atoms with Crippen molar-refractivity contribution in [2.45, 2.75) is 6.42 Å². The predicted molar refractivity (Wildman–Crippen MR) is 120 cm³/mol. The number of rotatable bonds is 6. The number of hydrogen-bond acceptors (Lipinski definition) is 6. The van der Waals surface area contributed by atoms with Crippen molar-refractivity contribution in [1.29, 1.82) is 0 Å². The molecule has 1 fully saturated rings. The number of anilines is 1. The molecule has 0 radical (unpaired) electrons. The molecule has 0 aliphatic carbocycles. The number of thiophene rings is 1. The van der Waals surface area contributed by atoms with Crippen LogP contribution in [0.4, 0.5) is 5.13 Å². The summed E-state index contributed by atoms with van der Waals surface area (Å²) in [4.78, 5) is 22.8. The van der Waals surface area contributed by atoms with Crippen molar-refractivity contribution < 1.29 is 9.53 Å². The highest BCUT2D eigenvalue weighted by Crippen LogP contribution is 2.33. The molecule has 0 N–H and O–H groups in total. The number of amides is 1. The molecule has 1 aliphatic heterocycles. The van der Waals surface area contributed by atoms with Crippen LogP contribution in [0.15, 0.2) is 34.1 Å². The zero-order valence-electron chi connectivity index (χ0n) is 15.1. The van der Waals surface area contributed by atoms with Crippen molar-refractivity contribution in [2.24, 2.45) is 0 Å². The summed E-state index contributed by atoms with van der Waals surface area (Å²) in [6.07, 6.45) is 0.884. The molecule has 2 aromatic heterocycles. The highest BCUT2D eigenvalue weighted by atomic mass is 79.9. The summed E-state index contributed by atoms with van der Waals surface area (Å²) in [7, 11) is 0. The number of carbonyl (C=O) groups is 1. The second kappa shape index (κ2) is 9.19. The smallest absolute Gasteiger partial charge is 0.270 e. The second-order valence-corrected chi connectivity index (χ2v) is 10.4. The van der Waals surface area contributed by atoms with Gasteiger partial charge in [0.25, 0.3) is 5.91 Å². The van der Waals surface area contributed by atoms with Gasteiger partial charge in [0.05, 0.1) is 32.1 Å². The number of ether oxygens (including phenoxy) is 1. The standard InChI is InChI=1S/C19H19BrClN3O2S2/c20-17-5-4-15(27-17)18(25)24(7-1-6-23-8-10-26-11-9-23)19-22-14-3-2-13(21)12-16(14)28-19/h2-5,12H,1,6-11H2.